The van der Waals surface area contributed by atoms with Crippen LogP contribution in [-0.2, 0) is 0 Å². The molecule has 0 aliphatic rings. The Labute approximate surface area is 188 Å². The number of furan rings is 1. The summed E-state index contributed by atoms with van der Waals surface area (Å²) in [5.41, 5.74) is 1.74. The Balaban J connectivity index is 1.66. The number of halogens is 1. The summed E-state index contributed by atoms with van der Waals surface area (Å²) in [7, 11) is 0. The highest BCUT2D eigenvalue weighted by Crippen LogP contribution is 2.29. The third-order valence-electron chi connectivity index (χ3n) is 4.97. The lowest BCUT2D eigenvalue weighted by molar-refractivity contribution is 0.340. The van der Waals surface area contributed by atoms with Gasteiger partial charge in [-0.2, -0.15) is 9.78 Å². The highest BCUT2D eigenvalue weighted by Gasteiger charge is 2.16. The summed E-state index contributed by atoms with van der Waals surface area (Å²) in [6, 6.07) is 21.8. The number of benzene rings is 3. The molecule has 2 heterocycles. The zero-order valence-corrected chi connectivity index (χ0v) is 17.9. The lowest BCUT2D eigenvalue weighted by Crippen LogP contribution is -2.20. The number of aromatic nitrogens is 2. The number of rotatable bonds is 5. The molecule has 0 atom stereocenters. The van der Waals surface area contributed by atoms with E-state index in [2.05, 4.69) is 10.1 Å². The van der Waals surface area contributed by atoms with Crippen LogP contribution < -0.4 is 10.3 Å². The van der Waals surface area contributed by atoms with Crippen LogP contribution in [0.5, 0.6) is 5.75 Å². The SMILES string of the molecule is CCOc1ccc(C=Nn2c(-c3cc4cc(Cl)ccc4o3)nc3ccccc3c2=O)cc1. The molecule has 0 radical (unpaired) electrons. The van der Waals surface area contributed by atoms with Crippen molar-refractivity contribution in [3.05, 3.63) is 93.7 Å². The fourth-order valence-electron chi connectivity index (χ4n) is 3.46. The van der Waals surface area contributed by atoms with Gasteiger partial charge < -0.3 is 9.15 Å². The molecule has 32 heavy (non-hydrogen) atoms. The molecule has 0 N–H and O–H groups in total. The van der Waals surface area contributed by atoms with Gasteiger partial charge in [0.2, 0.25) is 5.82 Å². The van der Waals surface area contributed by atoms with Crippen molar-refractivity contribution in [2.75, 3.05) is 6.61 Å². The highest BCUT2D eigenvalue weighted by atomic mass is 35.5. The maximum Gasteiger partial charge on any atom is 0.282 e. The normalized spacial score (nSPS) is 11.6. The third kappa shape index (κ3) is 3.76. The Bertz CT molecular complexity index is 1520. The van der Waals surface area contributed by atoms with Crippen molar-refractivity contribution >= 4 is 39.7 Å². The summed E-state index contributed by atoms with van der Waals surface area (Å²) in [6.45, 7) is 2.53. The van der Waals surface area contributed by atoms with Gasteiger partial charge in [-0.25, -0.2) is 4.98 Å². The van der Waals surface area contributed by atoms with E-state index in [1.807, 2.05) is 37.3 Å². The first-order chi connectivity index (χ1) is 15.6. The van der Waals surface area contributed by atoms with Gasteiger partial charge in [-0.1, -0.05) is 23.7 Å². The lowest BCUT2D eigenvalue weighted by atomic mass is 10.2. The quantitative estimate of drug-likeness (QED) is 0.324. The second kappa shape index (κ2) is 8.32. The molecule has 5 aromatic rings. The second-order valence-corrected chi connectivity index (χ2v) is 7.55. The standard InChI is InChI=1S/C25H18ClN3O3/c1-2-31-19-10-7-16(8-11-19)15-27-29-24(28-21-6-4-3-5-20(21)25(29)30)23-14-17-13-18(26)9-12-22(17)32-23/h3-15H,2H2,1H3. The number of fused-ring (bicyclic) bond motifs is 2. The molecule has 5 rings (SSSR count). The average Bonchev–Trinajstić information content (AvgIpc) is 3.22. The van der Waals surface area contributed by atoms with Gasteiger partial charge >= 0.3 is 0 Å². The number of hydrogen-bond donors (Lipinski definition) is 0. The molecule has 0 bridgehead atoms. The maximum atomic E-state index is 13.3. The highest BCUT2D eigenvalue weighted by molar-refractivity contribution is 6.31. The number of ether oxygens (including phenoxy) is 1. The van der Waals surface area contributed by atoms with Gasteiger partial charge in [0.1, 0.15) is 11.3 Å². The minimum Gasteiger partial charge on any atom is -0.494 e. The Morgan fingerprint density at radius 1 is 1.09 bits per heavy atom. The molecule has 0 saturated heterocycles. The van der Waals surface area contributed by atoms with Gasteiger partial charge in [0.05, 0.1) is 23.7 Å². The molecule has 0 aliphatic heterocycles. The number of nitrogens with zero attached hydrogens (tertiary/aromatic N) is 3. The van der Waals surface area contributed by atoms with Crippen molar-refractivity contribution in [1.82, 2.24) is 9.66 Å². The van der Waals surface area contributed by atoms with E-state index in [1.165, 1.54) is 4.68 Å². The molecule has 0 spiro atoms. The van der Waals surface area contributed by atoms with Crippen molar-refractivity contribution in [2.45, 2.75) is 6.92 Å². The number of para-hydroxylation sites is 1. The predicted molar refractivity (Wildman–Crippen MR) is 127 cm³/mol. The average molecular weight is 444 g/mol. The molecule has 6 nitrogen and oxygen atoms in total. The summed E-state index contributed by atoms with van der Waals surface area (Å²) in [6.07, 6.45) is 1.61. The smallest absolute Gasteiger partial charge is 0.282 e. The fraction of sp³-hybridized carbons (Fsp3) is 0.0800. The molecule has 158 valence electrons. The molecule has 0 unspecified atom stereocenters. The van der Waals surface area contributed by atoms with E-state index in [1.54, 1.807) is 48.7 Å². The Morgan fingerprint density at radius 3 is 2.72 bits per heavy atom. The molecule has 7 heteroatoms. The van der Waals surface area contributed by atoms with Crippen LogP contribution in [0.3, 0.4) is 0 Å². The minimum atomic E-state index is -0.286. The van der Waals surface area contributed by atoms with Gasteiger partial charge in [-0.05, 0) is 73.2 Å². The molecular weight excluding hydrogens is 426 g/mol. The molecule has 2 aromatic heterocycles. The Kier molecular flexibility index (Phi) is 5.21. The van der Waals surface area contributed by atoms with Crippen molar-refractivity contribution in [3.8, 4) is 17.3 Å². The van der Waals surface area contributed by atoms with Crippen LogP contribution in [0, 0.1) is 0 Å². The third-order valence-corrected chi connectivity index (χ3v) is 5.20. The second-order valence-electron chi connectivity index (χ2n) is 7.11. The van der Waals surface area contributed by atoms with Crippen LogP contribution in [-0.4, -0.2) is 22.5 Å². The van der Waals surface area contributed by atoms with E-state index in [-0.39, 0.29) is 5.56 Å². The largest absolute Gasteiger partial charge is 0.494 e. The van der Waals surface area contributed by atoms with Crippen molar-refractivity contribution in [3.63, 3.8) is 0 Å². The van der Waals surface area contributed by atoms with Crippen molar-refractivity contribution in [2.24, 2.45) is 5.10 Å². The first-order valence-corrected chi connectivity index (χ1v) is 10.5. The summed E-state index contributed by atoms with van der Waals surface area (Å²) < 4.78 is 12.7. The van der Waals surface area contributed by atoms with Crippen molar-refractivity contribution < 1.29 is 9.15 Å². The number of hydrogen-bond acceptors (Lipinski definition) is 5. The minimum absolute atomic E-state index is 0.286. The molecule has 0 fully saturated rings. The molecule has 3 aromatic carbocycles. The van der Waals surface area contributed by atoms with E-state index in [4.69, 9.17) is 20.8 Å². The Morgan fingerprint density at radius 2 is 1.91 bits per heavy atom. The Hall–Kier alpha value is -3.90. The fourth-order valence-corrected chi connectivity index (χ4v) is 3.64. The van der Waals surface area contributed by atoms with Crippen LogP contribution in [0.2, 0.25) is 5.02 Å². The monoisotopic (exact) mass is 443 g/mol. The molecular formula is C25H18ClN3O3. The maximum absolute atomic E-state index is 13.3. The molecule has 0 saturated carbocycles. The summed E-state index contributed by atoms with van der Waals surface area (Å²) in [5, 5.41) is 6.34. The van der Waals surface area contributed by atoms with Gasteiger partial charge in [-0.3, -0.25) is 4.79 Å². The summed E-state index contributed by atoms with van der Waals surface area (Å²) in [5.74, 6) is 1.51. The van der Waals surface area contributed by atoms with Crippen LogP contribution >= 0.6 is 11.6 Å². The van der Waals surface area contributed by atoms with Gasteiger partial charge in [-0.15, -0.1) is 0 Å². The van der Waals surface area contributed by atoms with Crippen molar-refractivity contribution in [1.29, 1.82) is 0 Å². The zero-order chi connectivity index (χ0) is 22.1. The van der Waals surface area contributed by atoms with Crippen LogP contribution in [0.25, 0.3) is 33.5 Å². The van der Waals surface area contributed by atoms with Gasteiger partial charge in [0, 0.05) is 10.4 Å². The lowest BCUT2D eigenvalue weighted by Gasteiger charge is -2.07. The van der Waals surface area contributed by atoms with E-state index in [9.17, 15) is 4.79 Å². The van der Waals surface area contributed by atoms with E-state index < -0.39 is 0 Å². The van der Waals surface area contributed by atoms with E-state index in [0.717, 1.165) is 16.7 Å². The van der Waals surface area contributed by atoms with E-state index in [0.29, 0.717) is 39.7 Å². The van der Waals surface area contributed by atoms with Crippen LogP contribution in [0.1, 0.15) is 12.5 Å². The summed E-state index contributed by atoms with van der Waals surface area (Å²) >= 11 is 6.11. The first kappa shape index (κ1) is 20.0. The molecule has 0 aliphatic carbocycles. The zero-order valence-electron chi connectivity index (χ0n) is 17.2. The van der Waals surface area contributed by atoms with Gasteiger partial charge in [0.15, 0.2) is 5.76 Å². The summed E-state index contributed by atoms with van der Waals surface area (Å²) in [4.78, 5) is 18.0. The van der Waals surface area contributed by atoms with E-state index >= 15 is 0 Å². The van der Waals surface area contributed by atoms with Gasteiger partial charge in [0.25, 0.3) is 5.56 Å². The molecule has 0 amide bonds. The van der Waals surface area contributed by atoms with Crippen LogP contribution in [0.15, 0.2) is 87.1 Å². The first-order valence-electron chi connectivity index (χ1n) is 10.1. The predicted octanol–water partition coefficient (Wildman–Crippen LogP) is 5.74. The van der Waals surface area contributed by atoms with Crippen LogP contribution in [0.4, 0.5) is 0 Å². The topological polar surface area (TPSA) is 69.6 Å².